The normalized spacial score (nSPS) is 11.8. The van der Waals surface area contributed by atoms with Crippen LogP contribution < -0.4 is 5.32 Å². The molecule has 2 N–H and O–H groups in total. The SMILES string of the molecule is CCc1ccc(C[C@H](Nc2ccccc2)C(=O)O)cc1. The zero-order valence-corrected chi connectivity index (χ0v) is 11.5. The molecule has 0 aromatic heterocycles. The zero-order valence-electron chi connectivity index (χ0n) is 11.5. The second-order valence-electron chi connectivity index (χ2n) is 4.78. The van der Waals surface area contributed by atoms with Crippen LogP contribution in [0.1, 0.15) is 18.1 Å². The quantitative estimate of drug-likeness (QED) is 0.845. The molecule has 2 aromatic carbocycles. The van der Waals surface area contributed by atoms with Crippen molar-refractivity contribution in [2.24, 2.45) is 0 Å². The number of hydrogen-bond donors (Lipinski definition) is 2. The maximum Gasteiger partial charge on any atom is 0.326 e. The zero-order chi connectivity index (χ0) is 14.4. The van der Waals surface area contributed by atoms with Gasteiger partial charge in [-0.15, -0.1) is 0 Å². The van der Waals surface area contributed by atoms with Gasteiger partial charge in [0.05, 0.1) is 0 Å². The van der Waals surface area contributed by atoms with E-state index in [2.05, 4.69) is 24.4 Å². The van der Waals surface area contributed by atoms with Crippen LogP contribution in [0.4, 0.5) is 5.69 Å². The van der Waals surface area contributed by atoms with Gasteiger partial charge in [-0.05, 0) is 29.7 Å². The Morgan fingerprint density at radius 1 is 1.05 bits per heavy atom. The van der Waals surface area contributed by atoms with E-state index in [0.717, 1.165) is 17.7 Å². The van der Waals surface area contributed by atoms with E-state index < -0.39 is 12.0 Å². The Morgan fingerprint density at radius 3 is 2.20 bits per heavy atom. The molecule has 104 valence electrons. The van der Waals surface area contributed by atoms with Crippen LogP contribution >= 0.6 is 0 Å². The van der Waals surface area contributed by atoms with E-state index in [-0.39, 0.29) is 0 Å². The fourth-order valence-corrected chi connectivity index (χ4v) is 2.08. The van der Waals surface area contributed by atoms with Crippen LogP contribution in [-0.4, -0.2) is 17.1 Å². The molecule has 3 nitrogen and oxygen atoms in total. The third-order valence-corrected chi connectivity index (χ3v) is 3.28. The first-order valence-corrected chi connectivity index (χ1v) is 6.81. The molecule has 0 aliphatic rings. The van der Waals surface area contributed by atoms with Gasteiger partial charge < -0.3 is 10.4 Å². The van der Waals surface area contributed by atoms with Crippen molar-refractivity contribution in [1.29, 1.82) is 0 Å². The van der Waals surface area contributed by atoms with E-state index >= 15 is 0 Å². The summed E-state index contributed by atoms with van der Waals surface area (Å²) in [7, 11) is 0. The van der Waals surface area contributed by atoms with Gasteiger partial charge in [-0.1, -0.05) is 49.4 Å². The second-order valence-corrected chi connectivity index (χ2v) is 4.78. The number of aryl methyl sites for hydroxylation is 1. The lowest BCUT2D eigenvalue weighted by Gasteiger charge is -2.16. The average Bonchev–Trinajstić information content (AvgIpc) is 2.48. The van der Waals surface area contributed by atoms with Crippen molar-refractivity contribution in [1.82, 2.24) is 0 Å². The van der Waals surface area contributed by atoms with Crippen molar-refractivity contribution in [3.63, 3.8) is 0 Å². The molecule has 0 radical (unpaired) electrons. The Kier molecular flexibility index (Phi) is 4.77. The van der Waals surface area contributed by atoms with E-state index in [0.29, 0.717) is 6.42 Å². The Balaban J connectivity index is 2.07. The molecule has 0 saturated carbocycles. The summed E-state index contributed by atoms with van der Waals surface area (Å²) in [6.45, 7) is 2.10. The molecule has 3 heteroatoms. The van der Waals surface area contributed by atoms with Crippen molar-refractivity contribution >= 4 is 11.7 Å². The van der Waals surface area contributed by atoms with Crippen molar-refractivity contribution in [3.05, 3.63) is 65.7 Å². The average molecular weight is 269 g/mol. The molecule has 0 aliphatic heterocycles. The molecule has 0 spiro atoms. The fraction of sp³-hybridized carbons (Fsp3) is 0.235. The smallest absolute Gasteiger partial charge is 0.326 e. The molecule has 0 heterocycles. The summed E-state index contributed by atoms with van der Waals surface area (Å²) in [5.74, 6) is -0.839. The summed E-state index contributed by atoms with van der Waals surface area (Å²) in [5, 5.41) is 12.4. The largest absolute Gasteiger partial charge is 0.480 e. The van der Waals surface area contributed by atoms with Gasteiger partial charge in [0.15, 0.2) is 0 Å². The van der Waals surface area contributed by atoms with E-state index in [1.807, 2.05) is 42.5 Å². The summed E-state index contributed by atoms with van der Waals surface area (Å²) in [5.41, 5.74) is 3.11. The Bertz CT molecular complexity index is 549. The van der Waals surface area contributed by atoms with Crippen LogP contribution in [0, 0.1) is 0 Å². The van der Waals surface area contributed by atoms with Crippen molar-refractivity contribution in [3.8, 4) is 0 Å². The predicted molar refractivity (Wildman–Crippen MR) is 81.0 cm³/mol. The van der Waals surface area contributed by atoms with Crippen LogP contribution in [0.5, 0.6) is 0 Å². The number of hydrogen-bond acceptors (Lipinski definition) is 2. The summed E-state index contributed by atoms with van der Waals surface area (Å²) < 4.78 is 0. The van der Waals surface area contributed by atoms with Gasteiger partial charge in [-0.25, -0.2) is 4.79 Å². The highest BCUT2D eigenvalue weighted by molar-refractivity contribution is 5.77. The molecule has 2 rings (SSSR count). The van der Waals surface area contributed by atoms with Gasteiger partial charge in [0.25, 0.3) is 0 Å². The minimum Gasteiger partial charge on any atom is -0.480 e. The highest BCUT2D eigenvalue weighted by atomic mass is 16.4. The van der Waals surface area contributed by atoms with Crippen LogP contribution in [0.2, 0.25) is 0 Å². The molecule has 0 bridgehead atoms. The topological polar surface area (TPSA) is 49.3 Å². The number of anilines is 1. The second kappa shape index (κ2) is 6.75. The van der Waals surface area contributed by atoms with Gasteiger partial charge >= 0.3 is 5.97 Å². The molecule has 0 saturated heterocycles. The number of carboxylic acid groups (broad SMARTS) is 1. The summed E-state index contributed by atoms with van der Waals surface area (Å²) in [6.07, 6.45) is 1.46. The first-order chi connectivity index (χ1) is 9.69. The van der Waals surface area contributed by atoms with Gasteiger partial charge in [-0.3, -0.25) is 0 Å². The van der Waals surface area contributed by atoms with Crippen LogP contribution in [0.15, 0.2) is 54.6 Å². The molecule has 20 heavy (non-hydrogen) atoms. The lowest BCUT2D eigenvalue weighted by atomic mass is 10.0. The highest BCUT2D eigenvalue weighted by Gasteiger charge is 2.17. The van der Waals surface area contributed by atoms with Crippen LogP contribution in [-0.2, 0) is 17.6 Å². The number of carbonyl (C=O) groups is 1. The van der Waals surface area contributed by atoms with E-state index in [9.17, 15) is 9.90 Å². The minimum absolute atomic E-state index is 0.466. The van der Waals surface area contributed by atoms with E-state index in [1.54, 1.807) is 0 Å². The summed E-state index contributed by atoms with van der Waals surface area (Å²) in [4.78, 5) is 11.4. The lowest BCUT2D eigenvalue weighted by Crippen LogP contribution is -2.31. The Labute approximate surface area is 119 Å². The van der Waals surface area contributed by atoms with Crippen molar-refractivity contribution < 1.29 is 9.90 Å². The number of nitrogens with one attached hydrogen (secondary N) is 1. The molecule has 0 fully saturated rings. The van der Waals surface area contributed by atoms with Gasteiger partial charge in [0.2, 0.25) is 0 Å². The van der Waals surface area contributed by atoms with Crippen LogP contribution in [0.25, 0.3) is 0 Å². The first kappa shape index (κ1) is 14.1. The van der Waals surface area contributed by atoms with Crippen molar-refractivity contribution in [2.45, 2.75) is 25.8 Å². The molecular weight excluding hydrogens is 250 g/mol. The molecule has 1 atom stereocenters. The lowest BCUT2D eigenvalue weighted by molar-refractivity contribution is -0.137. The van der Waals surface area contributed by atoms with Gasteiger partial charge in [-0.2, -0.15) is 0 Å². The Morgan fingerprint density at radius 2 is 1.65 bits per heavy atom. The number of para-hydroxylation sites is 1. The predicted octanol–water partition coefficient (Wildman–Crippen LogP) is 3.36. The molecule has 2 aromatic rings. The fourth-order valence-electron chi connectivity index (χ4n) is 2.08. The molecular formula is C17H19NO2. The molecule has 0 aliphatic carbocycles. The summed E-state index contributed by atoms with van der Waals surface area (Å²) >= 11 is 0. The first-order valence-electron chi connectivity index (χ1n) is 6.81. The number of carboxylic acids is 1. The third kappa shape index (κ3) is 3.85. The van der Waals surface area contributed by atoms with Gasteiger partial charge in [0.1, 0.15) is 6.04 Å². The van der Waals surface area contributed by atoms with E-state index in [1.165, 1.54) is 5.56 Å². The minimum atomic E-state index is -0.839. The standard InChI is InChI=1S/C17H19NO2/c1-2-13-8-10-14(11-9-13)12-16(17(19)20)18-15-6-4-3-5-7-15/h3-11,16,18H,2,12H2,1H3,(H,19,20)/t16-/m0/s1. The number of aliphatic carboxylic acids is 1. The third-order valence-electron chi connectivity index (χ3n) is 3.28. The van der Waals surface area contributed by atoms with Gasteiger partial charge in [0, 0.05) is 12.1 Å². The number of benzene rings is 2. The Hall–Kier alpha value is -2.29. The molecule has 0 unspecified atom stereocenters. The maximum atomic E-state index is 11.4. The monoisotopic (exact) mass is 269 g/mol. The highest BCUT2D eigenvalue weighted by Crippen LogP contribution is 2.12. The molecule has 0 amide bonds. The summed E-state index contributed by atoms with van der Waals surface area (Å²) in [6, 6.07) is 16.9. The van der Waals surface area contributed by atoms with Crippen molar-refractivity contribution in [2.75, 3.05) is 5.32 Å². The number of rotatable bonds is 6. The van der Waals surface area contributed by atoms with E-state index in [4.69, 9.17) is 0 Å². The van der Waals surface area contributed by atoms with Crippen LogP contribution in [0.3, 0.4) is 0 Å². The maximum absolute atomic E-state index is 11.4.